The predicted octanol–water partition coefficient (Wildman–Crippen LogP) is 4.91. The first-order valence-corrected chi connectivity index (χ1v) is 12.4. The van der Waals surface area contributed by atoms with E-state index >= 15 is 0 Å². The monoisotopic (exact) mass is 516 g/mol. The molecule has 1 aliphatic carbocycles. The van der Waals surface area contributed by atoms with E-state index in [1.165, 1.54) is 6.33 Å². The normalized spacial score (nSPS) is 20.1. The van der Waals surface area contributed by atoms with Gasteiger partial charge < -0.3 is 24.3 Å². The molecule has 2 aromatic carbocycles. The minimum atomic E-state index is -0.421. The number of hydrogen-bond acceptors (Lipinski definition) is 8. The van der Waals surface area contributed by atoms with Gasteiger partial charge in [-0.15, -0.1) is 0 Å². The molecule has 3 aromatic rings. The number of likely N-dealkylation sites (tertiary alicyclic amines) is 1. The van der Waals surface area contributed by atoms with Crippen LogP contribution >= 0.6 is 23.2 Å². The largest absolute Gasteiger partial charge is 0.493 e. The van der Waals surface area contributed by atoms with E-state index in [4.69, 9.17) is 42.1 Å². The van der Waals surface area contributed by atoms with Crippen molar-refractivity contribution in [1.82, 2.24) is 14.9 Å². The Morgan fingerprint density at radius 1 is 1.03 bits per heavy atom. The van der Waals surface area contributed by atoms with Gasteiger partial charge in [-0.2, -0.15) is 0 Å². The minimum Gasteiger partial charge on any atom is -0.493 e. The summed E-state index contributed by atoms with van der Waals surface area (Å²) < 4.78 is 23.9. The van der Waals surface area contributed by atoms with Crippen molar-refractivity contribution in [2.75, 3.05) is 51.9 Å². The molecule has 1 aromatic heterocycles. The van der Waals surface area contributed by atoms with E-state index < -0.39 is 5.79 Å². The summed E-state index contributed by atoms with van der Waals surface area (Å²) in [5, 5.41) is 5.06. The number of hydrogen-bond donors (Lipinski definition) is 1. The first-order chi connectivity index (χ1) is 17.0. The molecule has 2 aliphatic heterocycles. The molecule has 0 unspecified atom stereocenters. The van der Waals surface area contributed by atoms with Crippen LogP contribution in [0.5, 0.6) is 11.5 Å². The molecule has 3 fully saturated rings. The topological polar surface area (TPSA) is 78.0 Å². The molecule has 1 saturated carbocycles. The quantitative estimate of drug-likeness (QED) is 0.474. The Kier molecular flexibility index (Phi) is 5.89. The first kappa shape index (κ1) is 23.1. The highest BCUT2D eigenvalue weighted by molar-refractivity contribution is 6.42. The fourth-order valence-corrected chi connectivity index (χ4v) is 5.50. The zero-order chi connectivity index (χ0) is 24.0. The lowest BCUT2D eigenvalue weighted by Crippen LogP contribution is -2.41. The van der Waals surface area contributed by atoms with E-state index in [1.807, 2.05) is 18.2 Å². The van der Waals surface area contributed by atoms with Gasteiger partial charge in [-0.25, -0.2) is 9.97 Å². The van der Waals surface area contributed by atoms with Crippen molar-refractivity contribution < 1.29 is 18.9 Å². The summed E-state index contributed by atoms with van der Waals surface area (Å²) in [5.41, 5.74) is 1.66. The molecule has 0 amide bonds. The highest BCUT2D eigenvalue weighted by Gasteiger charge is 2.67. The van der Waals surface area contributed by atoms with Crippen LogP contribution in [0, 0.1) is 5.41 Å². The van der Waals surface area contributed by atoms with Crippen LogP contribution in [0.25, 0.3) is 10.9 Å². The van der Waals surface area contributed by atoms with Crippen LogP contribution in [0.4, 0.5) is 11.5 Å². The highest BCUT2D eigenvalue weighted by Crippen LogP contribution is 2.61. The van der Waals surface area contributed by atoms with Gasteiger partial charge in [0.2, 0.25) is 0 Å². The maximum Gasteiger partial charge on any atom is 0.188 e. The Morgan fingerprint density at radius 3 is 2.60 bits per heavy atom. The number of anilines is 2. The molecule has 184 valence electrons. The van der Waals surface area contributed by atoms with E-state index in [-0.39, 0.29) is 5.41 Å². The van der Waals surface area contributed by atoms with Crippen LogP contribution in [-0.4, -0.2) is 67.2 Å². The molecule has 2 saturated heterocycles. The van der Waals surface area contributed by atoms with Gasteiger partial charge in [0.15, 0.2) is 17.3 Å². The molecule has 10 heteroatoms. The third-order valence-electron chi connectivity index (χ3n) is 7.14. The average Bonchev–Trinajstić information content (AvgIpc) is 3.37. The Labute approximate surface area is 213 Å². The summed E-state index contributed by atoms with van der Waals surface area (Å²) in [6.45, 7) is 4.42. The molecule has 3 heterocycles. The average molecular weight is 517 g/mol. The van der Waals surface area contributed by atoms with Crippen molar-refractivity contribution in [3.05, 3.63) is 46.7 Å². The number of ether oxygens (including phenoxy) is 4. The van der Waals surface area contributed by atoms with Gasteiger partial charge in [0.1, 0.15) is 18.8 Å². The molecule has 0 atom stereocenters. The molecule has 1 N–H and O–H groups in total. The Balaban J connectivity index is 1.19. The number of methoxy groups -OCH3 is 1. The number of halogens is 2. The maximum atomic E-state index is 6.21. The number of fused-ring (bicyclic) bond motifs is 2. The SMILES string of the molecule is COc1cc2ncnc(Nc3ccc(Cl)c(Cl)c3)c2cc1OCCN1CC2(CC2)C2(C1)OCCO2. The van der Waals surface area contributed by atoms with Gasteiger partial charge in [-0.3, -0.25) is 4.90 Å². The molecule has 0 bridgehead atoms. The first-order valence-electron chi connectivity index (χ1n) is 11.7. The second-order valence-electron chi connectivity index (χ2n) is 9.29. The molecular weight excluding hydrogens is 491 g/mol. The third kappa shape index (κ3) is 4.17. The zero-order valence-corrected chi connectivity index (χ0v) is 20.9. The molecule has 3 aliphatic rings. The number of benzene rings is 2. The van der Waals surface area contributed by atoms with Crippen LogP contribution in [0.15, 0.2) is 36.7 Å². The van der Waals surface area contributed by atoms with E-state index in [9.17, 15) is 0 Å². The molecule has 2 spiro atoms. The van der Waals surface area contributed by atoms with Gasteiger partial charge >= 0.3 is 0 Å². The van der Waals surface area contributed by atoms with Gasteiger partial charge in [-0.1, -0.05) is 23.2 Å². The lowest BCUT2D eigenvalue weighted by molar-refractivity contribution is -0.182. The van der Waals surface area contributed by atoms with E-state index in [0.717, 1.165) is 49.1 Å². The van der Waals surface area contributed by atoms with Crippen molar-refractivity contribution in [2.24, 2.45) is 5.41 Å². The van der Waals surface area contributed by atoms with Crippen LogP contribution in [0.1, 0.15) is 12.8 Å². The standard InChI is InChI=1S/C25H26Cl2N4O4/c1-32-21-12-20-17(23(29-15-28-20)30-16-2-3-18(26)19(27)10-16)11-22(21)33-7-6-31-13-24(4-5-24)25(14-31)34-8-9-35-25/h2-3,10-12,15H,4-9,13-14H2,1H3,(H,28,29,30). The lowest BCUT2D eigenvalue weighted by Gasteiger charge is -2.28. The smallest absolute Gasteiger partial charge is 0.188 e. The van der Waals surface area contributed by atoms with Crippen molar-refractivity contribution in [3.8, 4) is 11.5 Å². The second-order valence-corrected chi connectivity index (χ2v) is 10.1. The van der Waals surface area contributed by atoms with Crippen LogP contribution < -0.4 is 14.8 Å². The van der Waals surface area contributed by atoms with Gasteiger partial charge in [0.25, 0.3) is 0 Å². The second kappa shape index (κ2) is 8.94. The summed E-state index contributed by atoms with van der Waals surface area (Å²) in [5.74, 6) is 1.47. The summed E-state index contributed by atoms with van der Waals surface area (Å²) in [7, 11) is 1.62. The summed E-state index contributed by atoms with van der Waals surface area (Å²) in [6.07, 6.45) is 3.83. The van der Waals surface area contributed by atoms with Gasteiger partial charge in [-0.05, 0) is 37.1 Å². The summed E-state index contributed by atoms with van der Waals surface area (Å²) >= 11 is 12.2. The molecule has 6 rings (SSSR count). The van der Waals surface area contributed by atoms with Crippen LogP contribution in [0.3, 0.4) is 0 Å². The Bertz CT molecular complexity index is 1260. The van der Waals surface area contributed by atoms with Gasteiger partial charge in [0, 0.05) is 35.6 Å². The van der Waals surface area contributed by atoms with Crippen molar-refractivity contribution in [1.29, 1.82) is 0 Å². The van der Waals surface area contributed by atoms with Crippen LogP contribution in [0.2, 0.25) is 10.0 Å². The number of aromatic nitrogens is 2. The fraction of sp³-hybridized carbons (Fsp3) is 0.440. The van der Waals surface area contributed by atoms with Crippen molar-refractivity contribution >= 4 is 45.6 Å². The lowest BCUT2D eigenvalue weighted by atomic mass is 10.00. The third-order valence-corrected chi connectivity index (χ3v) is 7.88. The molecule has 35 heavy (non-hydrogen) atoms. The highest BCUT2D eigenvalue weighted by atomic mass is 35.5. The molecule has 0 radical (unpaired) electrons. The maximum absolute atomic E-state index is 6.21. The predicted molar refractivity (Wildman–Crippen MR) is 134 cm³/mol. The summed E-state index contributed by atoms with van der Waals surface area (Å²) in [4.78, 5) is 11.2. The van der Waals surface area contributed by atoms with Gasteiger partial charge in [0.05, 0.1) is 42.4 Å². The molecule has 8 nitrogen and oxygen atoms in total. The fourth-order valence-electron chi connectivity index (χ4n) is 5.20. The number of nitrogens with zero attached hydrogens (tertiary/aromatic N) is 3. The summed E-state index contributed by atoms with van der Waals surface area (Å²) in [6, 6.07) is 9.10. The Hall–Kier alpha value is -2.36. The van der Waals surface area contributed by atoms with Crippen molar-refractivity contribution in [2.45, 2.75) is 18.6 Å². The van der Waals surface area contributed by atoms with Crippen molar-refractivity contribution in [3.63, 3.8) is 0 Å². The number of nitrogens with one attached hydrogen (secondary N) is 1. The minimum absolute atomic E-state index is 0.159. The Morgan fingerprint density at radius 2 is 1.86 bits per heavy atom. The molecular formula is C25H26Cl2N4O4. The van der Waals surface area contributed by atoms with Crippen LogP contribution in [-0.2, 0) is 9.47 Å². The van der Waals surface area contributed by atoms with E-state index in [0.29, 0.717) is 47.2 Å². The van der Waals surface area contributed by atoms with E-state index in [1.54, 1.807) is 19.2 Å². The van der Waals surface area contributed by atoms with E-state index in [2.05, 4.69) is 20.2 Å². The zero-order valence-electron chi connectivity index (χ0n) is 19.4. The number of rotatable bonds is 7.